The SMILES string of the molecule is CC1CN(c2ccc(C(=N)N)nc2)CC(C)O1. The minimum atomic E-state index is 0.000244. The maximum absolute atomic E-state index is 7.30. The van der Waals surface area contributed by atoms with Gasteiger partial charge in [0.2, 0.25) is 0 Å². The van der Waals surface area contributed by atoms with Crippen LogP contribution in [0, 0.1) is 5.41 Å². The highest BCUT2D eigenvalue weighted by molar-refractivity contribution is 5.93. The number of ether oxygens (including phenoxy) is 1. The van der Waals surface area contributed by atoms with Crippen molar-refractivity contribution in [2.45, 2.75) is 26.1 Å². The zero-order valence-electron chi connectivity index (χ0n) is 10.2. The molecule has 1 aromatic rings. The number of rotatable bonds is 2. The minimum absolute atomic E-state index is 0.000244. The molecule has 1 aliphatic heterocycles. The fourth-order valence-corrected chi connectivity index (χ4v) is 2.12. The number of hydrogen-bond donors (Lipinski definition) is 2. The van der Waals surface area contributed by atoms with E-state index in [0.29, 0.717) is 5.69 Å². The van der Waals surface area contributed by atoms with Crippen molar-refractivity contribution in [3.63, 3.8) is 0 Å². The highest BCUT2D eigenvalue weighted by atomic mass is 16.5. The summed E-state index contributed by atoms with van der Waals surface area (Å²) in [6.07, 6.45) is 2.22. The van der Waals surface area contributed by atoms with Gasteiger partial charge in [-0.3, -0.25) is 10.4 Å². The molecule has 2 unspecified atom stereocenters. The van der Waals surface area contributed by atoms with Gasteiger partial charge in [0, 0.05) is 13.1 Å². The van der Waals surface area contributed by atoms with Crippen LogP contribution in [0.5, 0.6) is 0 Å². The van der Waals surface area contributed by atoms with Gasteiger partial charge < -0.3 is 15.4 Å². The fourth-order valence-electron chi connectivity index (χ4n) is 2.12. The summed E-state index contributed by atoms with van der Waals surface area (Å²) in [6, 6.07) is 3.73. The first-order valence-electron chi connectivity index (χ1n) is 5.77. The molecule has 1 aromatic heterocycles. The number of hydrogen-bond acceptors (Lipinski definition) is 4. The second-order valence-electron chi connectivity index (χ2n) is 4.48. The van der Waals surface area contributed by atoms with Crippen molar-refractivity contribution in [3.05, 3.63) is 24.0 Å². The monoisotopic (exact) mass is 234 g/mol. The van der Waals surface area contributed by atoms with E-state index in [1.54, 1.807) is 12.3 Å². The number of morpholine rings is 1. The predicted molar refractivity (Wildman–Crippen MR) is 67.5 cm³/mol. The van der Waals surface area contributed by atoms with Gasteiger partial charge in [-0.15, -0.1) is 0 Å². The van der Waals surface area contributed by atoms with E-state index >= 15 is 0 Å². The van der Waals surface area contributed by atoms with Crippen LogP contribution < -0.4 is 10.6 Å². The third-order valence-corrected chi connectivity index (χ3v) is 2.81. The van der Waals surface area contributed by atoms with Crippen LogP contribution in [0.1, 0.15) is 19.5 Å². The van der Waals surface area contributed by atoms with E-state index < -0.39 is 0 Å². The molecule has 1 fully saturated rings. The number of amidine groups is 1. The van der Waals surface area contributed by atoms with E-state index in [2.05, 4.69) is 23.7 Å². The number of nitrogens with two attached hydrogens (primary N) is 1. The lowest BCUT2D eigenvalue weighted by Gasteiger charge is -2.36. The Kier molecular flexibility index (Phi) is 3.28. The Hall–Kier alpha value is -1.62. The molecule has 0 amide bonds. The Labute approximate surface area is 101 Å². The van der Waals surface area contributed by atoms with Crippen LogP contribution in [0.2, 0.25) is 0 Å². The standard InChI is InChI=1S/C12H18N4O/c1-8-6-16(7-9(2)17-8)10-3-4-11(12(13)14)15-5-10/h3-5,8-9H,6-7H2,1-2H3,(H3,13,14). The van der Waals surface area contributed by atoms with Gasteiger partial charge in [-0.2, -0.15) is 0 Å². The number of nitrogens with zero attached hydrogens (tertiary/aromatic N) is 2. The van der Waals surface area contributed by atoms with Gasteiger partial charge in [0.15, 0.2) is 0 Å². The first-order chi connectivity index (χ1) is 8.06. The van der Waals surface area contributed by atoms with Gasteiger partial charge in [-0.1, -0.05) is 0 Å². The molecule has 5 nitrogen and oxygen atoms in total. The molecular weight excluding hydrogens is 216 g/mol. The summed E-state index contributed by atoms with van der Waals surface area (Å²) in [6.45, 7) is 5.87. The molecule has 92 valence electrons. The molecular formula is C12H18N4O. The van der Waals surface area contributed by atoms with Crippen molar-refractivity contribution in [3.8, 4) is 0 Å². The maximum Gasteiger partial charge on any atom is 0.141 e. The number of anilines is 1. The van der Waals surface area contributed by atoms with E-state index in [0.717, 1.165) is 18.8 Å². The van der Waals surface area contributed by atoms with Gasteiger partial charge in [0.25, 0.3) is 0 Å². The Morgan fingerprint density at radius 1 is 1.41 bits per heavy atom. The highest BCUT2D eigenvalue weighted by Gasteiger charge is 2.22. The van der Waals surface area contributed by atoms with E-state index in [1.807, 2.05) is 6.07 Å². The van der Waals surface area contributed by atoms with Crippen molar-refractivity contribution in [2.24, 2.45) is 5.73 Å². The molecule has 0 spiro atoms. The summed E-state index contributed by atoms with van der Waals surface area (Å²) >= 11 is 0. The van der Waals surface area contributed by atoms with Gasteiger partial charge >= 0.3 is 0 Å². The molecule has 0 bridgehead atoms. The smallest absolute Gasteiger partial charge is 0.141 e. The average molecular weight is 234 g/mol. The van der Waals surface area contributed by atoms with Crippen LogP contribution in [-0.4, -0.2) is 36.1 Å². The molecule has 17 heavy (non-hydrogen) atoms. The zero-order chi connectivity index (χ0) is 12.4. The molecule has 3 N–H and O–H groups in total. The number of nitrogens with one attached hydrogen (secondary N) is 1. The first kappa shape index (κ1) is 11.9. The van der Waals surface area contributed by atoms with Crippen LogP contribution in [0.15, 0.2) is 18.3 Å². The van der Waals surface area contributed by atoms with Crippen LogP contribution in [0.3, 0.4) is 0 Å². The lowest BCUT2D eigenvalue weighted by Crippen LogP contribution is -2.45. The molecule has 1 aliphatic rings. The second kappa shape index (κ2) is 4.71. The Morgan fingerprint density at radius 3 is 2.53 bits per heavy atom. The third-order valence-electron chi connectivity index (χ3n) is 2.81. The quantitative estimate of drug-likeness (QED) is 0.591. The van der Waals surface area contributed by atoms with E-state index in [9.17, 15) is 0 Å². The lowest BCUT2D eigenvalue weighted by atomic mass is 10.2. The molecule has 0 aliphatic carbocycles. The number of aromatic nitrogens is 1. The molecule has 2 heterocycles. The topological polar surface area (TPSA) is 75.2 Å². The van der Waals surface area contributed by atoms with Crippen LogP contribution in [0.25, 0.3) is 0 Å². The second-order valence-corrected chi connectivity index (χ2v) is 4.48. The van der Waals surface area contributed by atoms with E-state index in [-0.39, 0.29) is 18.0 Å². The van der Waals surface area contributed by atoms with E-state index in [4.69, 9.17) is 15.9 Å². The van der Waals surface area contributed by atoms with Gasteiger partial charge in [-0.25, -0.2) is 0 Å². The van der Waals surface area contributed by atoms with E-state index in [1.165, 1.54) is 0 Å². The lowest BCUT2D eigenvalue weighted by molar-refractivity contribution is -0.00523. The van der Waals surface area contributed by atoms with Crippen molar-refractivity contribution in [2.75, 3.05) is 18.0 Å². The van der Waals surface area contributed by atoms with Crippen LogP contribution >= 0.6 is 0 Å². The molecule has 5 heteroatoms. The summed E-state index contributed by atoms with van der Waals surface area (Å²) in [5.41, 5.74) is 6.94. The minimum Gasteiger partial charge on any atom is -0.382 e. The van der Waals surface area contributed by atoms with Crippen molar-refractivity contribution in [1.29, 1.82) is 5.41 Å². The number of nitrogen functional groups attached to an aromatic ring is 1. The Morgan fingerprint density at radius 2 is 2.06 bits per heavy atom. The van der Waals surface area contributed by atoms with Crippen LogP contribution in [-0.2, 0) is 4.74 Å². The third kappa shape index (κ3) is 2.74. The zero-order valence-corrected chi connectivity index (χ0v) is 10.2. The molecule has 1 saturated heterocycles. The normalized spacial score (nSPS) is 24.7. The molecule has 0 aromatic carbocycles. The summed E-state index contributed by atoms with van der Waals surface area (Å²) in [5, 5.41) is 7.30. The molecule has 2 atom stereocenters. The van der Waals surface area contributed by atoms with Crippen molar-refractivity contribution >= 4 is 11.5 Å². The van der Waals surface area contributed by atoms with Gasteiger partial charge in [-0.05, 0) is 26.0 Å². The Bertz CT molecular complexity index is 393. The fraction of sp³-hybridized carbons (Fsp3) is 0.500. The summed E-state index contributed by atoms with van der Waals surface area (Å²) in [5.74, 6) is 0.000244. The predicted octanol–water partition coefficient (Wildman–Crippen LogP) is 0.979. The molecule has 2 rings (SSSR count). The average Bonchev–Trinajstić information content (AvgIpc) is 2.28. The molecule has 0 radical (unpaired) electrons. The largest absolute Gasteiger partial charge is 0.382 e. The first-order valence-corrected chi connectivity index (χ1v) is 5.77. The summed E-state index contributed by atoms with van der Waals surface area (Å²) < 4.78 is 5.68. The van der Waals surface area contributed by atoms with Gasteiger partial charge in [0.05, 0.1) is 24.1 Å². The van der Waals surface area contributed by atoms with Crippen LogP contribution in [0.4, 0.5) is 5.69 Å². The highest BCUT2D eigenvalue weighted by Crippen LogP contribution is 2.19. The summed E-state index contributed by atoms with van der Waals surface area (Å²) in [4.78, 5) is 6.42. The summed E-state index contributed by atoms with van der Waals surface area (Å²) in [7, 11) is 0. The number of pyridine rings is 1. The Balaban J connectivity index is 2.14. The van der Waals surface area contributed by atoms with Crippen molar-refractivity contribution < 1.29 is 4.74 Å². The van der Waals surface area contributed by atoms with Crippen molar-refractivity contribution in [1.82, 2.24) is 4.98 Å². The van der Waals surface area contributed by atoms with Gasteiger partial charge in [0.1, 0.15) is 11.5 Å². The molecule has 0 saturated carbocycles. The maximum atomic E-state index is 7.30.